The van der Waals surface area contributed by atoms with Gasteiger partial charge in [0.2, 0.25) is 0 Å². The summed E-state index contributed by atoms with van der Waals surface area (Å²) in [5, 5.41) is 14.8. The van der Waals surface area contributed by atoms with Gasteiger partial charge in [0.25, 0.3) is 0 Å². The first-order valence-corrected chi connectivity index (χ1v) is 9.14. The zero-order valence-electron chi connectivity index (χ0n) is 16.3. The number of carbonyl (C=O) groups is 2. The van der Waals surface area contributed by atoms with E-state index in [4.69, 9.17) is 34.0 Å². The molecule has 28 heavy (non-hydrogen) atoms. The van der Waals surface area contributed by atoms with Gasteiger partial charge >= 0.3 is 11.9 Å². The van der Waals surface area contributed by atoms with Gasteiger partial charge in [-0.25, -0.2) is 9.59 Å². The van der Waals surface area contributed by atoms with Crippen LogP contribution in [0.25, 0.3) is 0 Å². The molecule has 0 atom stereocenters. The van der Waals surface area contributed by atoms with E-state index in [9.17, 15) is 0 Å². The fourth-order valence-electron chi connectivity index (χ4n) is 2.58. The second-order valence-electron chi connectivity index (χ2n) is 6.09. The summed E-state index contributed by atoms with van der Waals surface area (Å²) in [5.41, 5.74) is 1.13. The predicted molar refractivity (Wildman–Crippen MR) is 104 cm³/mol. The Labute approximate surface area is 165 Å². The van der Waals surface area contributed by atoms with Crippen LogP contribution in [0.4, 0.5) is 0 Å². The topological polar surface area (TPSA) is 106 Å². The average Bonchev–Trinajstić information content (AvgIpc) is 2.70. The Kier molecular flexibility index (Phi) is 11.4. The fourth-order valence-corrected chi connectivity index (χ4v) is 2.58. The van der Waals surface area contributed by atoms with E-state index >= 15 is 0 Å². The second kappa shape index (κ2) is 13.6. The molecule has 0 spiro atoms. The summed E-state index contributed by atoms with van der Waals surface area (Å²) in [5.74, 6) is -1.85. The molecule has 8 nitrogen and oxygen atoms in total. The molecule has 0 unspecified atom stereocenters. The lowest BCUT2D eigenvalue weighted by Crippen LogP contribution is -2.36. The summed E-state index contributed by atoms with van der Waals surface area (Å²) < 4.78 is 16.5. The number of unbranched alkanes of at least 4 members (excludes halogenated alkanes) is 1. The number of hydrogen-bond acceptors (Lipinski definition) is 6. The van der Waals surface area contributed by atoms with E-state index in [-0.39, 0.29) is 0 Å². The largest absolute Gasteiger partial charge is 0.497 e. The molecule has 0 amide bonds. The van der Waals surface area contributed by atoms with Crippen LogP contribution in [-0.2, 0) is 20.7 Å². The third-order valence-electron chi connectivity index (χ3n) is 4.04. The summed E-state index contributed by atoms with van der Waals surface area (Å²) in [6.07, 6.45) is 4.91. The van der Waals surface area contributed by atoms with Gasteiger partial charge in [-0.3, -0.25) is 4.90 Å². The number of rotatable bonds is 9. The minimum absolute atomic E-state index is 0.751. The molecule has 1 aliphatic heterocycles. The number of carboxylic acids is 2. The van der Waals surface area contributed by atoms with Crippen LogP contribution < -0.4 is 9.47 Å². The van der Waals surface area contributed by atoms with Gasteiger partial charge in [-0.1, -0.05) is 6.08 Å². The van der Waals surface area contributed by atoms with Crippen molar-refractivity contribution < 1.29 is 34.0 Å². The summed E-state index contributed by atoms with van der Waals surface area (Å²) in [6.45, 7) is 9.54. The number of allylic oxidation sites excluding steroid dienone is 1. The predicted octanol–water partition coefficient (Wildman–Crippen LogP) is 2.07. The Hall–Kier alpha value is -2.58. The van der Waals surface area contributed by atoms with Gasteiger partial charge in [0.1, 0.15) is 11.5 Å². The molecule has 1 aromatic rings. The van der Waals surface area contributed by atoms with Crippen molar-refractivity contribution in [2.45, 2.75) is 19.3 Å². The Bertz CT molecular complexity index is 615. The maximum atomic E-state index is 9.10. The Balaban J connectivity index is 0.000000568. The van der Waals surface area contributed by atoms with E-state index in [0.29, 0.717) is 0 Å². The third kappa shape index (κ3) is 9.38. The van der Waals surface area contributed by atoms with Crippen LogP contribution in [0, 0.1) is 0 Å². The van der Waals surface area contributed by atoms with Crippen molar-refractivity contribution in [1.82, 2.24) is 4.90 Å². The number of morpholine rings is 1. The van der Waals surface area contributed by atoms with Crippen LogP contribution in [0.15, 0.2) is 30.9 Å². The first-order valence-electron chi connectivity index (χ1n) is 9.14. The number of methoxy groups -OCH3 is 1. The molecule has 0 aromatic heterocycles. The Morgan fingerprint density at radius 2 is 1.89 bits per heavy atom. The van der Waals surface area contributed by atoms with Crippen molar-refractivity contribution in [3.05, 3.63) is 36.4 Å². The summed E-state index contributed by atoms with van der Waals surface area (Å²) >= 11 is 0. The highest BCUT2D eigenvalue weighted by Crippen LogP contribution is 2.25. The normalized spacial score (nSPS) is 13.8. The van der Waals surface area contributed by atoms with Crippen LogP contribution in [0.5, 0.6) is 11.5 Å². The van der Waals surface area contributed by atoms with Crippen LogP contribution >= 0.6 is 0 Å². The lowest BCUT2D eigenvalue weighted by molar-refractivity contribution is -0.159. The number of hydrogen-bond donors (Lipinski definition) is 2. The van der Waals surface area contributed by atoms with Crippen LogP contribution in [0.3, 0.4) is 0 Å². The van der Waals surface area contributed by atoms with E-state index in [1.807, 2.05) is 24.3 Å². The van der Waals surface area contributed by atoms with Crippen LogP contribution in [-0.4, -0.2) is 73.6 Å². The minimum atomic E-state index is -1.82. The maximum absolute atomic E-state index is 9.10. The highest BCUT2D eigenvalue weighted by atomic mass is 16.5. The van der Waals surface area contributed by atoms with Crippen molar-refractivity contribution in [3.63, 3.8) is 0 Å². The van der Waals surface area contributed by atoms with Crippen molar-refractivity contribution in [1.29, 1.82) is 0 Å². The monoisotopic (exact) mass is 395 g/mol. The molecule has 0 aliphatic carbocycles. The lowest BCUT2D eigenvalue weighted by Gasteiger charge is -2.26. The molecule has 2 N–H and O–H groups in total. The van der Waals surface area contributed by atoms with E-state index in [0.717, 1.165) is 75.8 Å². The SMILES string of the molecule is C=CCc1cc(OC)ccc1OCCCCN1CCOCC1.O=C(O)C(=O)O. The second-order valence-corrected chi connectivity index (χ2v) is 6.09. The molecule has 0 saturated carbocycles. The molecule has 1 heterocycles. The van der Waals surface area contributed by atoms with Crippen molar-refractivity contribution >= 4 is 11.9 Å². The van der Waals surface area contributed by atoms with E-state index < -0.39 is 11.9 Å². The van der Waals surface area contributed by atoms with Gasteiger partial charge in [-0.2, -0.15) is 0 Å². The quantitative estimate of drug-likeness (QED) is 0.372. The molecule has 1 fully saturated rings. The average molecular weight is 395 g/mol. The number of ether oxygens (including phenoxy) is 3. The third-order valence-corrected chi connectivity index (χ3v) is 4.04. The molecule has 2 rings (SSSR count). The molecule has 156 valence electrons. The molecular formula is C20H29NO7. The summed E-state index contributed by atoms with van der Waals surface area (Å²) in [6, 6.07) is 5.94. The molecule has 1 saturated heterocycles. The van der Waals surface area contributed by atoms with Gasteiger partial charge in [0.05, 0.1) is 26.9 Å². The smallest absolute Gasteiger partial charge is 0.414 e. The maximum Gasteiger partial charge on any atom is 0.414 e. The lowest BCUT2D eigenvalue weighted by atomic mass is 10.1. The molecule has 0 radical (unpaired) electrons. The Morgan fingerprint density at radius 3 is 2.46 bits per heavy atom. The zero-order chi connectivity index (χ0) is 20.8. The molecule has 1 aliphatic rings. The molecular weight excluding hydrogens is 366 g/mol. The Morgan fingerprint density at radius 1 is 1.21 bits per heavy atom. The van der Waals surface area contributed by atoms with Crippen LogP contribution in [0.2, 0.25) is 0 Å². The van der Waals surface area contributed by atoms with Gasteiger partial charge in [-0.15, -0.1) is 6.58 Å². The van der Waals surface area contributed by atoms with Crippen LogP contribution in [0.1, 0.15) is 18.4 Å². The van der Waals surface area contributed by atoms with Crippen molar-refractivity contribution in [2.24, 2.45) is 0 Å². The summed E-state index contributed by atoms with van der Waals surface area (Å²) in [7, 11) is 1.68. The highest BCUT2D eigenvalue weighted by molar-refractivity contribution is 6.27. The number of nitrogens with zero attached hydrogens (tertiary/aromatic N) is 1. The summed E-state index contributed by atoms with van der Waals surface area (Å²) in [4.78, 5) is 20.7. The number of carboxylic acid groups (broad SMARTS) is 2. The molecule has 8 heteroatoms. The van der Waals surface area contributed by atoms with Crippen molar-refractivity contribution in [3.8, 4) is 11.5 Å². The van der Waals surface area contributed by atoms with Gasteiger partial charge < -0.3 is 24.4 Å². The fraction of sp³-hybridized carbons (Fsp3) is 0.500. The van der Waals surface area contributed by atoms with Crippen molar-refractivity contribution in [2.75, 3.05) is 46.6 Å². The van der Waals surface area contributed by atoms with E-state index in [1.165, 1.54) is 0 Å². The first-order chi connectivity index (χ1) is 13.5. The number of benzene rings is 1. The first kappa shape index (κ1) is 23.5. The van der Waals surface area contributed by atoms with E-state index in [1.54, 1.807) is 7.11 Å². The molecule has 0 bridgehead atoms. The van der Waals surface area contributed by atoms with Gasteiger partial charge in [0, 0.05) is 18.7 Å². The highest BCUT2D eigenvalue weighted by Gasteiger charge is 2.09. The van der Waals surface area contributed by atoms with Gasteiger partial charge in [-0.05, 0) is 44.0 Å². The van der Waals surface area contributed by atoms with E-state index in [2.05, 4.69) is 11.5 Å². The van der Waals surface area contributed by atoms with Gasteiger partial charge in [0.15, 0.2) is 0 Å². The standard InChI is InChI=1S/C18H27NO3.C2H2O4/c1-3-6-16-15-17(20-2)7-8-18(16)22-12-5-4-9-19-10-13-21-14-11-19;3-1(4)2(5)6/h3,7-8,15H,1,4-6,9-14H2,2H3;(H,3,4)(H,5,6). The minimum Gasteiger partial charge on any atom is -0.497 e. The zero-order valence-corrected chi connectivity index (χ0v) is 16.3. The molecule has 1 aromatic carbocycles. The number of aliphatic carboxylic acids is 2.